The van der Waals surface area contributed by atoms with Crippen molar-refractivity contribution in [1.29, 1.82) is 0 Å². The number of rotatable bonds is 7. The summed E-state index contributed by atoms with van der Waals surface area (Å²) in [4.78, 5) is 21.8. The Morgan fingerprint density at radius 3 is 2.65 bits per heavy atom. The van der Waals surface area contributed by atoms with Crippen LogP contribution < -0.4 is 5.32 Å². The highest BCUT2D eigenvalue weighted by molar-refractivity contribution is 5.97. The molecule has 2 heterocycles. The highest BCUT2D eigenvalue weighted by atomic mass is 16.3. The first kappa shape index (κ1) is 18.9. The molecule has 1 N–H and O–H groups in total. The highest BCUT2D eigenvalue weighted by Gasteiger charge is 2.15. The first-order chi connectivity index (χ1) is 12.6. The summed E-state index contributed by atoms with van der Waals surface area (Å²) in [7, 11) is 0. The molecule has 1 saturated heterocycles. The van der Waals surface area contributed by atoms with E-state index in [1.807, 2.05) is 26.0 Å². The fraction of sp³-hybridized carbons (Fsp3) is 0.600. The zero-order valence-corrected chi connectivity index (χ0v) is 16.1. The van der Waals surface area contributed by atoms with Gasteiger partial charge in [0, 0.05) is 44.2 Å². The van der Waals surface area contributed by atoms with Crippen molar-refractivity contribution in [1.82, 2.24) is 20.1 Å². The summed E-state index contributed by atoms with van der Waals surface area (Å²) in [5, 5.41) is 3.01. The van der Waals surface area contributed by atoms with Gasteiger partial charge in [0.15, 0.2) is 11.5 Å². The van der Waals surface area contributed by atoms with E-state index in [4.69, 9.17) is 4.42 Å². The third-order valence-electron chi connectivity index (χ3n) is 5.01. The van der Waals surface area contributed by atoms with Crippen LogP contribution >= 0.6 is 0 Å². The van der Waals surface area contributed by atoms with Gasteiger partial charge in [0.1, 0.15) is 5.52 Å². The number of likely N-dealkylation sites (N-methyl/N-ethyl adjacent to an activating group) is 1. The third-order valence-corrected chi connectivity index (χ3v) is 5.01. The molecular formula is C20H30N4O2. The maximum atomic E-state index is 12.4. The molecule has 0 radical (unpaired) electrons. The second-order valence-corrected chi connectivity index (χ2v) is 7.27. The summed E-state index contributed by atoms with van der Waals surface area (Å²) < 4.78 is 5.74. The van der Waals surface area contributed by atoms with E-state index in [-0.39, 0.29) is 11.8 Å². The number of hydrogen-bond acceptors (Lipinski definition) is 5. The van der Waals surface area contributed by atoms with Gasteiger partial charge in [-0.15, -0.1) is 0 Å². The van der Waals surface area contributed by atoms with Gasteiger partial charge in [-0.3, -0.25) is 4.79 Å². The number of nitrogens with zero attached hydrogens (tertiary/aromatic N) is 3. The molecule has 142 valence electrons. The molecule has 1 aliphatic rings. The molecule has 6 nitrogen and oxygen atoms in total. The van der Waals surface area contributed by atoms with Crippen LogP contribution in [0.25, 0.3) is 11.1 Å². The maximum absolute atomic E-state index is 12.4. The molecule has 1 amide bonds. The van der Waals surface area contributed by atoms with Crippen LogP contribution in [0.3, 0.4) is 0 Å². The Morgan fingerprint density at radius 2 is 1.96 bits per heavy atom. The smallest absolute Gasteiger partial charge is 0.251 e. The monoisotopic (exact) mass is 358 g/mol. The predicted molar refractivity (Wildman–Crippen MR) is 104 cm³/mol. The van der Waals surface area contributed by atoms with Crippen molar-refractivity contribution in [2.45, 2.75) is 33.1 Å². The number of carbonyl (C=O) groups excluding carboxylic acids is 1. The van der Waals surface area contributed by atoms with Crippen molar-refractivity contribution in [3.05, 3.63) is 29.7 Å². The van der Waals surface area contributed by atoms with Crippen molar-refractivity contribution >= 4 is 17.0 Å². The lowest BCUT2D eigenvalue weighted by Crippen LogP contribution is -2.46. The molecule has 0 saturated carbocycles. The van der Waals surface area contributed by atoms with Crippen molar-refractivity contribution < 1.29 is 9.21 Å². The number of benzene rings is 1. The summed E-state index contributed by atoms with van der Waals surface area (Å²) >= 11 is 0. The highest BCUT2D eigenvalue weighted by Crippen LogP contribution is 2.22. The Morgan fingerprint density at radius 1 is 1.23 bits per heavy atom. The van der Waals surface area contributed by atoms with Gasteiger partial charge < -0.3 is 19.5 Å². The lowest BCUT2D eigenvalue weighted by molar-refractivity contribution is 0.0948. The molecule has 1 aliphatic heterocycles. The van der Waals surface area contributed by atoms with E-state index in [0.29, 0.717) is 23.6 Å². The third kappa shape index (κ3) is 4.62. The van der Waals surface area contributed by atoms with Gasteiger partial charge in [0.25, 0.3) is 5.91 Å². The number of amides is 1. The molecule has 1 aromatic heterocycles. The Labute approximate surface area is 155 Å². The van der Waals surface area contributed by atoms with E-state index in [2.05, 4.69) is 27.0 Å². The van der Waals surface area contributed by atoms with E-state index >= 15 is 0 Å². The van der Waals surface area contributed by atoms with Crippen LogP contribution in [0.4, 0.5) is 0 Å². The normalized spacial score (nSPS) is 16.5. The van der Waals surface area contributed by atoms with Crippen molar-refractivity contribution in [3.63, 3.8) is 0 Å². The van der Waals surface area contributed by atoms with E-state index in [1.165, 1.54) is 0 Å². The lowest BCUT2D eigenvalue weighted by Gasteiger charge is -2.33. The van der Waals surface area contributed by atoms with Gasteiger partial charge in [0.2, 0.25) is 0 Å². The van der Waals surface area contributed by atoms with Crippen molar-refractivity contribution in [2.24, 2.45) is 0 Å². The number of fused-ring (bicyclic) bond motifs is 1. The van der Waals surface area contributed by atoms with E-state index in [0.717, 1.165) is 51.2 Å². The minimum absolute atomic E-state index is 0.0507. The summed E-state index contributed by atoms with van der Waals surface area (Å²) in [6.45, 7) is 13.7. The predicted octanol–water partition coefficient (Wildman–Crippen LogP) is 2.71. The number of nitrogens with one attached hydrogen (secondary N) is 1. The number of hydrogen-bond donors (Lipinski definition) is 1. The topological polar surface area (TPSA) is 61.6 Å². The first-order valence-electron chi connectivity index (χ1n) is 9.70. The van der Waals surface area contributed by atoms with Crippen LogP contribution in [-0.4, -0.2) is 66.5 Å². The van der Waals surface area contributed by atoms with Crippen LogP contribution in [0.2, 0.25) is 0 Å². The summed E-state index contributed by atoms with van der Waals surface area (Å²) in [5.74, 6) is 0.893. The summed E-state index contributed by atoms with van der Waals surface area (Å²) in [6, 6.07) is 5.45. The minimum Gasteiger partial charge on any atom is -0.440 e. The van der Waals surface area contributed by atoms with Gasteiger partial charge in [0.05, 0.1) is 0 Å². The average molecular weight is 358 g/mol. The lowest BCUT2D eigenvalue weighted by atomic mass is 10.2. The Kier molecular flexibility index (Phi) is 6.27. The average Bonchev–Trinajstić information content (AvgIpc) is 3.09. The van der Waals surface area contributed by atoms with E-state index in [1.54, 1.807) is 6.07 Å². The minimum atomic E-state index is -0.0507. The molecule has 0 atom stereocenters. The molecule has 1 aromatic carbocycles. The SMILES string of the molecule is CCN1CCN(CCCNC(=O)c2ccc3nc(C(C)C)oc3c2)CC1. The van der Waals surface area contributed by atoms with Gasteiger partial charge >= 0.3 is 0 Å². The zero-order valence-electron chi connectivity index (χ0n) is 16.1. The molecule has 0 unspecified atom stereocenters. The quantitative estimate of drug-likeness (QED) is 0.771. The molecule has 26 heavy (non-hydrogen) atoms. The van der Waals surface area contributed by atoms with Crippen LogP contribution in [0.15, 0.2) is 22.6 Å². The molecular weight excluding hydrogens is 328 g/mol. The first-order valence-corrected chi connectivity index (χ1v) is 9.70. The largest absolute Gasteiger partial charge is 0.440 e. The number of piperazine rings is 1. The second kappa shape index (κ2) is 8.64. The molecule has 2 aromatic rings. The standard InChI is InChI=1S/C20H30N4O2/c1-4-23-10-12-24(13-11-23)9-5-8-21-19(25)16-6-7-17-18(14-16)26-20(22-17)15(2)3/h6-7,14-15H,4-5,8-13H2,1-3H3,(H,21,25). The van der Waals surface area contributed by atoms with Crippen LogP contribution in [0.5, 0.6) is 0 Å². The summed E-state index contributed by atoms with van der Waals surface area (Å²) in [5.41, 5.74) is 2.10. The van der Waals surface area contributed by atoms with Crippen molar-refractivity contribution in [3.8, 4) is 0 Å². The van der Waals surface area contributed by atoms with Crippen LogP contribution in [-0.2, 0) is 0 Å². The molecule has 6 heteroatoms. The van der Waals surface area contributed by atoms with Gasteiger partial charge in [-0.25, -0.2) is 4.98 Å². The number of carbonyl (C=O) groups is 1. The van der Waals surface area contributed by atoms with E-state index in [9.17, 15) is 4.79 Å². The fourth-order valence-electron chi connectivity index (χ4n) is 3.27. The summed E-state index contributed by atoms with van der Waals surface area (Å²) in [6.07, 6.45) is 0.972. The van der Waals surface area contributed by atoms with Gasteiger partial charge in [-0.05, 0) is 37.7 Å². The number of oxazole rings is 1. The Balaban J connectivity index is 1.45. The van der Waals surface area contributed by atoms with Crippen LogP contribution in [0, 0.1) is 0 Å². The molecule has 0 aliphatic carbocycles. The Hall–Kier alpha value is -1.92. The number of aromatic nitrogens is 1. The molecule has 1 fully saturated rings. The van der Waals surface area contributed by atoms with Gasteiger partial charge in [-0.2, -0.15) is 0 Å². The zero-order chi connectivity index (χ0) is 18.5. The van der Waals surface area contributed by atoms with Crippen molar-refractivity contribution in [2.75, 3.05) is 45.8 Å². The molecule has 3 rings (SSSR count). The molecule has 0 spiro atoms. The van der Waals surface area contributed by atoms with Crippen LogP contribution in [0.1, 0.15) is 49.4 Å². The maximum Gasteiger partial charge on any atom is 0.251 e. The van der Waals surface area contributed by atoms with E-state index < -0.39 is 0 Å². The Bertz CT molecular complexity index is 732. The fourth-order valence-corrected chi connectivity index (χ4v) is 3.27. The molecule has 0 bridgehead atoms. The second-order valence-electron chi connectivity index (χ2n) is 7.27. The van der Waals surface area contributed by atoms with Gasteiger partial charge in [-0.1, -0.05) is 20.8 Å².